The zero-order valence-electron chi connectivity index (χ0n) is 16.2. The number of carbonyl (C=O) groups excluding carboxylic acids is 2. The SMILES string of the molecule is CCOC(=O)c1ccc(NC(=O)c2cc3sccc3n2Cc2cccc(F)c2)cc1. The van der Waals surface area contributed by atoms with Gasteiger partial charge in [0.05, 0.1) is 22.4 Å². The van der Waals surface area contributed by atoms with Crippen LogP contribution in [0.15, 0.2) is 66.0 Å². The smallest absolute Gasteiger partial charge is 0.338 e. The zero-order valence-corrected chi connectivity index (χ0v) is 17.0. The van der Waals surface area contributed by atoms with Gasteiger partial charge in [0.25, 0.3) is 5.91 Å². The van der Waals surface area contributed by atoms with Crippen molar-refractivity contribution in [3.63, 3.8) is 0 Å². The highest BCUT2D eigenvalue weighted by Gasteiger charge is 2.17. The van der Waals surface area contributed by atoms with Crippen LogP contribution in [0.25, 0.3) is 10.2 Å². The molecule has 2 aromatic carbocycles. The molecule has 30 heavy (non-hydrogen) atoms. The minimum atomic E-state index is -0.403. The summed E-state index contributed by atoms with van der Waals surface area (Å²) in [5.41, 5.74) is 3.16. The predicted octanol–water partition coefficient (Wildman–Crippen LogP) is 5.32. The Hall–Kier alpha value is -3.45. The molecule has 0 atom stereocenters. The number of fused-ring (bicyclic) bond motifs is 1. The number of ether oxygens (including phenoxy) is 1. The Morgan fingerprint density at radius 1 is 1.10 bits per heavy atom. The number of aromatic nitrogens is 1. The highest BCUT2D eigenvalue weighted by molar-refractivity contribution is 7.17. The Morgan fingerprint density at radius 3 is 2.63 bits per heavy atom. The van der Waals surface area contributed by atoms with Gasteiger partial charge in [-0.3, -0.25) is 4.79 Å². The molecule has 0 bridgehead atoms. The molecular formula is C23H19FN2O3S. The van der Waals surface area contributed by atoms with Crippen LogP contribution in [0, 0.1) is 5.82 Å². The Labute approximate surface area is 176 Å². The summed E-state index contributed by atoms with van der Waals surface area (Å²) in [5.74, 6) is -0.993. The summed E-state index contributed by atoms with van der Waals surface area (Å²) in [5, 5.41) is 4.82. The molecule has 7 heteroatoms. The number of nitrogens with one attached hydrogen (secondary N) is 1. The second kappa shape index (κ2) is 8.51. The molecule has 2 aromatic heterocycles. The zero-order chi connectivity index (χ0) is 21.1. The van der Waals surface area contributed by atoms with E-state index in [4.69, 9.17) is 4.74 Å². The lowest BCUT2D eigenvalue weighted by molar-refractivity contribution is 0.0526. The topological polar surface area (TPSA) is 60.3 Å². The van der Waals surface area contributed by atoms with Crippen LogP contribution in [0.3, 0.4) is 0 Å². The Balaban J connectivity index is 1.59. The van der Waals surface area contributed by atoms with E-state index in [-0.39, 0.29) is 11.7 Å². The van der Waals surface area contributed by atoms with E-state index in [9.17, 15) is 14.0 Å². The number of carbonyl (C=O) groups is 2. The summed E-state index contributed by atoms with van der Waals surface area (Å²) in [4.78, 5) is 24.8. The fraction of sp³-hybridized carbons (Fsp3) is 0.130. The van der Waals surface area contributed by atoms with Crippen molar-refractivity contribution in [1.29, 1.82) is 0 Å². The first-order valence-corrected chi connectivity index (χ1v) is 10.3. The van der Waals surface area contributed by atoms with Crippen molar-refractivity contribution in [3.05, 3.63) is 88.7 Å². The second-order valence-corrected chi connectivity index (χ2v) is 7.62. The van der Waals surface area contributed by atoms with Gasteiger partial charge in [0, 0.05) is 12.2 Å². The Bertz CT molecular complexity index is 1210. The van der Waals surface area contributed by atoms with Crippen LogP contribution in [0.1, 0.15) is 33.3 Å². The van der Waals surface area contributed by atoms with Gasteiger partial charge in [0.1, 0.15) is 11.5 Å². The first kappa shape index (κ1) is 19.8. The lowest BCUT2D eigenvalue weighted by atomic mass is 10.2. The molecule has 1 N–H and O–H groups in total. The van der Waals surface area contributed by atoms with Gasteiger partial charge in [0.15, 0.2) is 0 Å². The third-order valence-electron chi connectivity index (χ3n) is 4.64. The van der Waals surface area contributed by atoms with E-state index in [1.54, 1.807) is 48.6 Å². The molecule has 4 rings (SSSR count). The number of hydrogen-bond acceptors (Lipinski definition) is 4. The van der Waals surface area contributed by atoms with Gasteiger partial charge in [-0.2, -0.15) is 0 Å². The summed E-state index contributed by atoms with van der Waals surface area (Å²) in [7, 11) is 0. The Morgan fingerprint density at radius 2 is 1.90 bits per heavy atom. The van der Waals surface area contributed by atoms with E-state index in [1.165, 1.54) is 12.1 Å². The van der Waals surface area contributed by atoms with E-state index in [1.807, 2.05) is 28.1 Å². The van der Waals surface area contributed by atoms with Crippen LogP contribution in [-0.4, -0.2) is 23.1 Å². The van der Waals surface area contributed by atoms with E-state index >= 15 is 0 Å². The molecule has 0 aliphatic carbocycles. The highest BCUT2D eigenvalue weighted by Crippen LogP contribution is 2.27. The quantitative estimate of drug-likeness (QED) is 0.428. The third-order valence-corrected chi connectivity index (χ3v) is 5.49. The molecule has 0 saturated heterocycles. The number of benzene rings is 2. The number of rotatable bonds is 6. The number of hydrogen-bond donors (Lipinski definition) is 1. The van der Waals surface area contributed by atoms with Crippen LogP contribution in [-0.2, 0) is 11.3 Å². The van der Waals surface area contributed by atoms with Crippen molar-refractivity contribution in [1.82, 2.24) is 4.57 Å². The van der Waals surface area contributed by atoms with Crippen LogP contribution < -0.4 is 5.32 Å². The van der Waals surface area contributed by atoms with Crippen molar-refractivity contribution in [3.8, 4) is 0 Å². The molecule has 0 saturated carbocycles. The maximum Gasteiger partial charge on any atom is 0.338 e. The molecule has 152 valence electrons. The maximum absolute atomic E-state index is 13.6. The standard InChI is InChI=1S/C23H19FN2O3S/c1-2-29-23(28)16-6-8-18(9-7-16)25-22(27)20-13-21-19(10-11-30-21)26(20)14-15-4-3-5-17(24)12-15/h3-13H,2,14H2,1H3,(H,25,27). The van der Waals surface area contributed by atoms with Gasteiger partial charge >= 0.3 is 5.97 Å². The maximum atomic E-state index is 13.6. The summed E-state index contributed by atoms with van der Waals surface area (Å²) < 4.78 is 21.4. The largest absolute Gasteiger partial charge is 0.462 e. The lowest BCUT2D eigenvalue weighted by Gasteiger charge is -2.11. The van der Waals surface area contributed by atoms with E-state index < -0.39 is 5.97 Å². The number of thiophene rings is 1. The summed E-state index contributed by atoms with van der Waals surface area (Å²) in [6, 6.07) is 16.7. The molecule has 5 nitrogen and oxygen atoms in total. The van der Waals surface area contributed by atoms with Crippen molar-refractivity contribution in [2.75, 3.05) is 11.9 Å². The lowest BCUT2D eigenvalue weighted by Crippen LogP contribution is -2.17. The first-order valence-electron chi connectivity index (χ1n) is 9.45. The Kier molecular flexibility index (Phi) is 5.63. The van der Waals surface area contributed by atoms with Gasteiger partial charge < -0.3 is 14.6 Å². The molecule has 4 aromatic rings. The van der Waals surface area contributed by atoms with Crippen molar-refractivity contribution in [2.24, 2.45) is 0 Å². The number of nitrogens with zero attached hydrogens (tertiary/aromatic N) is 1. The normalized spacial score (nSPS) is 10.9. The van der Waals surface area contributed by atoms with E-state index in [2.05, 4.69) is 5.32 Å². The average Bonchev–Trinajstić information content (AvgIpc) is 3.31. The third kappa shape index (κ3) is 4.11. The van der Waals surface area contributed by atoms with Gasteiger partial charge in [0.2, 0.25) is 0 Å². The van der Waals surface area contributed by atoms with Gasteiger partial charge in [-0.15, -0.1) is 11.3 Å². The van der Waals surface area contributed by atoms with Crippen LogP contribution in [0.2, 0.25) is 0 Å². The molecule has 0 aliphatic heterocycles. The minimum Gasteiger partial charge on any atom is -0.462 e. The van der Waals surface area contributed by atoms with Crippen molar-refractivity contribution < 1.29 is 18.7 Å². The number of esters is 1. The summed E-state index contributed by atoms with van der Waals surface area (Å²) in [6.07, 6.45) is 0. The van der Waals surface area contributed by atoms with Crippen LogP contribution in [0.5, 0.6) is 0 Å². The predicted molar refractivity (Wildman–Crippen MR) is 116 cm³/mol. The molecule has 0 aliphatic rings. The fourth-order valence-corrected chi connectivity index (χ4v) is 4.07. The molecule has 0 spiro atoms. The molecule has 0 unspecified atom stereocenters. The van der Waals surface area contributed by atoms with Gasteiger partial charge in [-0.1, -0.05) is 12.1 Å². The van der Waals surface area contributed by atoms with E-state index in [0.29, 0.717) is 30.1 Å². The molecule has 0 fully saturated rings. The number of halogens is 1. The molecule has 1 amide bonds. The van der Waals surface area contributed by atoms with E-state index in [0.717, 1.165) is 15.8 Å². The average molecular weight is 422 g/mol. The fourth-order valence-electron chi connectivity index (χ4n) is 3.25. The van der Waals surface area contributed by atoms with Gasteiger partial charge in [-0.25, -0.2) is 9.18 Å². The molecule has 0 radical (unpaired) electrons. The monoisotopic (exact) mass is 422 g/mol. The first-order chi connectivity index (χ1) is 14.5. The number of anilines is 1. The summed E-state index contributed by atoms with van der Waals surface area (Å²) in [6.45, 7) is 2.43. The molecule has 2 heterocycles. The highest BCUT2D eigenvalue weighted by atomic mass is 32.1. The second-order valence-electron chi connectivity index (χ2n) is 6.67. The van der Waals surface area contributed by atoms with Crippen LogP contribution in [0.4, 0.5) is 10.1 Å². The van der Waals surface area contributed by atoms with Crippen molar-refractivity contribution >= 4 is 39.1 Å². The summed E-state index contributed by atoms with van der Waals surface area (Å²) >= 11 is 1.54. The minimum absolute atomic E-state index is 0.279. The molecular weight excluding hydrogens is 403 g/mol. The van der Waals surface area contributed by atoms with Gasteiger partial charge in [-0.05, 0) is 66.4 Å². The number of amides is 1. The van der Waals surface area contributed by atoms with Crippen molar-refractivity contribution in [2.45, 2.75) is 13.5 Å². The van der Waals surface area contributed by atoms with Crippen LogP contribution >= 0.6 is 11.3 Å².